The second kappa shape index (κ2) is 7.52. The third-order valence-electron chi connectivity index (χ3n) is 3.72. The summed E-state index contributed by atoms with van der Waals surface area (Å²) in [6.45, 7) is 3.59. The van der Waals surface area contributed by atoms with Gasteiger partial charge in [0, 0.05) is 12.2 Å². The molecule has 1 atom stereocenters. The number of carbonyl (C=O) groups excluding carboxylic acids is 2. The van der Waals surface area contributed by atoms with Crippen molar-refractivity contribution in [2.75, 3.05) is 16.4 Å². The van der Waals surface area contributed by atoms with E-state index in [0.29, 0.717) is 10.9 Å². The van der Waals surface area contributed by atoms with Gasteiger partial charge in [-0.3, -0.25) is 14.4 Å². The van der Waals surface area contributed by atoms with E-state index in [1.807, 2.05) is 0 Å². The highest BCUT2D eigenvalue weighted by molar-refractivity contribution is 7.99. The number of carbonyl (C=O) groups is 2. The lowest BCUT2D eigenvalue weighted by atomic mass is 9.92. The van der Waals surface area contributed by atoms with E-state index in [0.717, 1.165) is 0 Å². The summed E-state index contributed by atoms with van der Waals surface area (Å²) in [6, 6.07) is 5.66. The van der Waals surface area contributed by atoms with Gasteiger partial charge in [0.05, 0.1) is 17.2 Å². The molecule has 0 radical (unpaired) electrons. The average molecular weight is 374 g/mol. The summed E-state index contributed by atoms with van der Waals surface area (Å²) in [5.74, 6) is -2.19. The molecule has 2 amide bonds. The Morgan fingerprint density at radius 3 is 2.92 bits per heavy atom. The fourth-order valence-electron chi connectivity index (χ4n) is 2.56. The molecule has 1 aliphatic heterocycles. The number of hydrogen-bond acceptors (Lipinski definition) is 5. The van der Waals surface area contributed by atoms with Gasteiger partial charge in [-0.15, -0.1) is 6.58 Å². The number of thioether (sulfide) groups is 1. The van der Waals surface area contributed by atoms with Crippen molar-refractivity contribution in [2.24, 2.45) is 0 Å². The number of benzene rings is 1. The summed E-state index contributed by atoms with van der Waals surface area (Å²) in [4.78, 5) is 43.8. The highest BCUT2D eigenvalue weighted by atomic mass is 32.2. The van der Waals surface area contributed by atoms with E-state index in [1.54, 1.807) is 12.1 Å². The highest BCUT2D eigenvalue weighted by Crippen LogP contribution is 2.30. The number of rotatable bonds is 5. The van der Waals surface area contributed by atoms with Gasteiger partial charge < -0.3 is 15.6 Å². The van der Waals surface area contributed by atoms with Gasteiger partial charge in [-0.25, -0.2) is 9.37 Å². The Morgan fingerprint density at radius 2 is 2.19 bits per heavy atom. The van der Waals surface area contributed by atoms with Crippen molar-refractivity contribution in [3.05, 3.63) is 58.7 Å². The van der Waals surface area contributed by atoms with Crippen LogP contribution in [0.3, 0.4) is 0 Å². The van der Waals surface area contributed by atoms with Gasteiger partial charge in [0.15, 0.2) is 5.16 Å². The van der Waals surface area contributed by atoms with Gasteiger partial charge in [0.2, 0.25) is 11.8 Å². The fourth-order valence-corrected chi connectivity index (χ4v) is 3.16. The molecule has 0 spiro atoms. The van der Waals surface area contributed by atoms with Crippen LogP contribution in [0.2, 0.25) is 0 Å². The normalized spacial score (nSPS) is 15.7. The van der Waals surface area contributed by atoms with Crippen molar-refractivity contribution in [1.82, 2.24) is 9.97 Å². The number of aromatic nitrogens is 2. The molecule has 0 saturated heterocycles. The molecule has 7 nitrogen and oxygen atoms in total. The highest BCUT2D eigenvalue weighted by Gasteiger charge is 2.35. The zero-order valence-electron chi connectivity index (χ0n) is 13.5. The zero-order valence-corrected chi connectivity index (χ0v) is 14.4. The summed E-state index contributed by atoms with van der Waals surface area (Å²) in [5, 5.41) is 5.25. The van der Waals surface area contributed by atoms with E-state index in [4.69, 9.17) is 0 Å². The van der Waals surface area contributed by atoms with Gasteiger partial charge in [0.1, 0.15) is 11.6 Å². The van der Waals surface area contributed by atoms with Gasteiger partial charge in [-0.1, -0.05) is 30.0 Å². The molecule has 0 aliphatic carbocycles. The number of nitrogens with zero attached hydrogens (tertiary/aromatic N) is 1. The molecule has 0 bridgehead atoms. The summed E-state index contributed by atoms with van der Waals surface area (Å²) in [5.41, 5.74) is -0.482. The largest absolute Gasteiger partial charge is 0.323 e. The van der Waals surface area contributed by atoms with E-state index in [2.05, 4.69) is 27.2 Å². The molecule has 26 heavy (non-hydrogen) atoms. The van der Waals surface area contributed by atoms with E-state index >= 15 is 0 Å². The summed E-state index contributed by atoms with van der Waals surface area (Å²) in [6.07, 6.45) is 1.42. The standard InChI is InChI=1S/C17H15FN4O3S/c1-2-7-26-17-21-14-13(16(25)22-17)9(8-12(23)20-14)15(24)19-11-6-4-3-5-10(11)18/h2-6,9H,1,7-8H2,(H,19,24)(H2,20,21,22,23,25)/t9-/m1/s1. The lowest BCUT2D eigenvalue weighted by Crippen LogP contribution is -2.36. The Bertz CT molecular complexity index is 944. The maximum Gasteiger partial charge on any atom is 0.257 e. The monoisotopic (exact) mass is 374 g/mol. The van der Waals surface area contributed by atoms with Crippen LogP contribution in [-0.4, -0.2) is 27.5 Å². The molecule has 2 aromatic rings. The number of hydrogen-bond donors (Lipinski definition) is 3. The minimum atomic E-state index is -1.06. The van der Waals surface area contributed by atoms with E-state index in [1.165, 1.54) is 30.0 Å². The van der Waals surface area contributed by atoms with Crippen LogP contribution in [0, 0.1) is 5.82 Å². The Kier molecular flexibility index (Phi) is 5.17. The SMILES string of the molecule is C=CCSc1nc2c(c(=O)[nH]1)[C@H](C(=O)Nc1ccccc1F)CC(=O)N2. The Hall–Kier alpha value is -2.94. The number of anilines is 2. The van der Waals surface area contributed by atoms with Crippen LogP contribution >= 0.6 is 11.8 Å². The van der Waals surface area contributed by atoms with Crippen LogP contribution in [0.25, 0.3) is 0 Å². The van der Waals surface area contributed by atoms with Gasteiger partial charge in [-0.05, 0) is 12.1 Å². The minimum Gasteiger partial charge on any atom is -0.323 e. The zero-order chi connectivity index (χ0) is 18.7. The smallest absolute Gasteiger partial charge is 0.257 e. The lowest BCUT2D eigenvalue weighted by molar-refractivity contribution is -0.123. The Morgan fingerprint density at radius 1 is 1.42 bits per heavy atom. The average Bonchev–Trinajstić information content (AvgIpc) is 2.60. The molecular weight excluding hydrogens is 359 g/mol. The van der Waals surface area contributed by atoms with Crippen LogP contribution in [0.4, 0.5) is 15.9 Å². The number of fused-ring (bicyclic) bond motifs is 1. The fraction of sp³-hybridized carbons (Fsp3) is 0.176. The Balaban J connectivity index is 1.94. The first kappa shape index (κ1) is 17.9. The second-order valence-corrected chi connectivity index (χ2v) is 6.52. The molecule has 1 aromatic carbocycles. The van der Waals surface area contributed by atoms with E-state index in [9.17, 15) is 18.8 Å². The van der Waals surface area contributed by atoms with Crippen molar-refractivity contribution in [1.29, 1.82) is 0 Å². The van der Waals surface area contributed by atoms with E-state index in [-0.39, 0.29) is 23.5 Å². The molecule has 3 N–H and O–H groups in total. The second-order valence-electron chi connectivity index (χ2n) is 5.51. The van der Waals surface area contributed by atoms with Crippen molar-refractivity contribution < 1.29 is 14.0 Å². The number of halogens is 1. The predicted octanol–water partition coefficient (Wildman–Crippen LogP) is 2.25. The number of aromatic amines is 1. The number of H-pyrrole nitrogens is 1. The lowest BCUT2D eigenvalue weighted by Gasteiger charge is -2.23. The molecule has 134 valence electrons. The number of amides is 2. The third kappa shape index (κ3) is 3.67. The summed E-state index contributed by atoms with van der Waals surface area (Å²) in [7, 11) is 0. The van der Waals surface area contributed by atoms with E-state index < -0.39 is 29.1 Å². The van der Waals surface area contributed by atoms with Crippen LogP contribution in [0.1, 0.15) is 17.9 Å². The number of nitrogens with one attached hydrogen (secondary N) is 3. The minimum absolute atomic E-state index is 0.0208. The molecule has 1 aliphatic rings. The topological polar surface area (TPSA) is 104 Å². The van der Waals surface area contributed by atoms with Gasteiger partial charge in [0.25, 0.3) is 5.56 Å². The van der Waals surface area contributed by atoms with Crippen LogP contribution < -0.4 is 16.2 Å². The molecule has 1 aromatic heterocycles. The first-order valence-electron chi connectivity index (χ1n) is 7.72. The molecule has 2 heterocycles. The summed E-state index contributed by atoms with van der Waals surface area (Å²) < 4.78 is 13.8. The predicted molar refractivity (Wildman–Crippen MR) is 96.8 cm³/mol. The quantitative estimate of drug-likeness (QED) is 0.423. The van der Waals surface area contributed by atoms with Gasteiger partial charge in [-0.2, -0.15) is 0 Å². The summed E-state index contributed by atoms with van der Waals surface area (Å²) >= 11 is 1.24. The molecule has 0 unspecified atom stereocenters. The molecule has 3 rings (SSSR count). The third-order valence-corrected chi connectivity index (χ3v) is 4.58. The molecule has 0 fully saturated rings. The van der Waals surface area contributed by atoms with Crippen LogP contribution in [0.5, 0.6) is 0 Å². The van der Waals surface area contributed by atoms with Crippen molar-refractivity contribution >= 4 is 35.1 Å². The van der Waals surface area contributed by atoms with Crippen molar-refractivity contribution in [2.45, 2.75) is 17.5 Å². The molecular formula is C17H15FN4O3S. The Labute approximate surface area is 152 Å². The van der Waals surface area contributed by atoms with Crippen molar-refractivity contribution in [3.8, 4) is 0 Å². The van der Waals surface area contributed by atoms with Crippen molar-refractivity contribution in [3.63, 3.8) is 0 Å². The first-order chi connectivity index (χ1) is 12.5. The maximum absolute atomic E-state index is 13.8. The van der Waals surface area contributed by atoms with Crippen LogP contribution in [0.15, 0.2) is 46.9 Å². The molecule has 9 heteroatoms. The maximum atomic E-state index is 13.8. The van der Waals surface area contributed by atoms with Gasteiger partial charge >= 0.3 is 0 Å². The first-order valence-corrected chi connectivity index (χ1v) is 8.71. The molecule has 0 saturated carbocycles. The van der Waals surface area contributed by atoms with Crippen LogP contribution in [-0.2, 0) is 9.59 Å². The number of para-hydroxylation sites is 1.